The molecule has 2 aromatic rings. The first-order chi connectivity index (χ1) is 14.2. The highest BCUT2D eigenvalue weighted by Gasteiger charge is 2.26. The minimum absolute atomic E-state index is 0.0268. The first-order valence-corrected chi connectivity index (χ1v) is 10.9. The van der Waals surface area contributed by atoms with Gasteiger partial charge in [-0.15, -0.1) is 0 Å². The van der Waals surface area contributed by atoms with Gasteiger partial charge in [-0.25, -0.2) is 17.9 Å². The lowest BCUT2D eigenvalue weighted by atomic mass is 9.95. The van der Waals surface area contributed by atoms with Crippen LogP contribution in [-0.4, -0.2) is 38.2 Å². The number of carbonyl (C=O) groups excluding carboxylic acids is 2. The van der Waals surface area contributed by atoms with Gasteiger partial charge >= 0.3 is 0 Å². The van der Waals surface area contributed by atoms with E-state index in [2.05, 4.69) is 5.32 Å². The van der Waals surface area contributed by atoms with Gasteiger partial charge in [-0.1, -0.05) is 12.1 Å². The largest absolute Gasteiger partial charge is 0.339 e. The fourth-order valence-electron chi connectivity index (χ4n) is 3.18. The average Bonchev–Trinajstić information content (AvgIpc) is 2.73. The van der Waals surface area contributed by atoms with Crippen LogP contribution in [0.4, 0.5) is 10.1 Å². The SMILES string of the molecule is NS(=O)(=O)c1ccc(NC(=O)C2CCN(C(=O)/C=C/c3ccc(F)cc3)CC2)cc1. The average molecular weight is 431 g/mol. The van der Waals surface area contributed by atoms with Crippen molar-refractivity contribution in [3.63, 3.8) is 0 Å². The molecule has 0 aromatic heterocycles. The number of primary sulfonamides is 1. The van der Waals surface area contributed by atoms with Crippen molar-refractivity contribution < 1.29 is 22.4 Å². The van der Waals surface area contributed by atoms with E-state index < -0.39 is 10.0 Å². The van der Waals surface area contributed by atoms with Crippen LogP contribution >= 0.6 is 0 Å². The van der Waals surface area contributed by atoms with Crippen LogP contribution in [0.5, 0.6) is 0 Å². The summed E-state index contributed by atoms with van der Waals surface area (Å²) in [7, 11) is -3.78. The van der Waals surface area contributed by atoms with E-state index >= 15 is 0 Å². The molecule has 2 aromatic carbocycles. The number of carbonyl (C=O) groups is 2. The number of nitrogens with zero attached hydrogens (tertiary/aromatic N) is 1. The van der Waals surface area contributed by atoms with Crippen LogP contribution in [0, 0.1) is 11.7 Å². The van der Waals surface area contributed by atoms with Gasteiger partial charge in [0.1, 0.15) is 5.82 Å². The summed E-state index contributed by atoms with van der Waals surface area (Å²) in [5.74, 6) is -0.906. The third-order valence-electron chi connectivity index (χ3n) is 4.92. The Balaban J connectivity index is 1.50. The highest BCUT2D eigenvalue weighted by atomic mass is 32.2. The van der Waals surface area contributed by atoms with Crippen LogP contribution in [-0.2, 0) is 19.6 Å². The molecule has 7 nitrogen and oxygen atoms in total. The van der Waals surface area contributed by atoms with Crippen molar-refractivity contribution >= 4 is 33.6 Å². The summed E-state index contributed by atoms with van der Waals surface area (Å²) in [4.78, 5) is 26.4. The Morgan fingerprint density at radius 2 is 1.63 bits per heavy atom. The van der Waals surface area contributed by atoms with E-state index in [4.69, 9.17) is 5.14 Å². The van der Waals surface area contributed by atoms with Gasteiger partial charge < -0.3 is 10.2 Å². The van der Waals surface area contributed by atoms with Crippen molar-refractivity contribution in [3.05, 3.63) is 66.0 Å². The standard InChI is InChI=1S/C21H22FN3O4S/c22-17-4-1-15(2-5-17)3-10-20(26)25-13-11-16(12-14-25)21(27)24-18-6-8-19(9-7-18)30(23,28)29/h1-10,16H,11-14H2,(H,24,27)(H2,23,28,29)/b10-3+. The highest BCUT2D eigenvalue weighted by molar-refractivity contribution is 7.89. The lowest BCUT2D eigenvalue weighted by Crippen LogP contribution is -2.40. The zero-order chi connectivity index (χ0) is 21.7. The molecule has 0 saturated carbocycles. The first kappa shape index (κ1) is 21.7. The third kappa shape index (κ3) is 5.74. The number of halogens is 1. The van der Waals surface area contributed by atoms with E-state index in [0.29, 0.717) is 31.6 Å². The predicted octanol–water partition coefficient (Wildman–Crippen LogP) is 2.36. The van der Waals surface area contributed by atoms with Gasteiger partial charge in [-0.3, -0.25) is 9.59 Å². The second kappa shape index (κ2) is 9.19. The maximum absolute atomic E-state index is 12.9. The van der Waals surface area contributed by atoms with E-state index in [-0.39, 0.29) is 28.4 Å². The zero-order valence-electron chi connectivity index (χ0n) is 16.1. The fourth-order valence-corrected chi connectivity index (χ4v) is 3.70. The lowest BCUT2D eigenvalue weighted by Gasteiger charge is -2.30. The number of piperidine rings is 1. The van der Waals surface area contributed by atoms with Crippen molar-refractivity contribution in [1.29, 1.82) is 0 Å². The smallest absolute Gasteiger partial charge is 0.246 e. The molecule has 0 spiro atoms. The number of amides is 2. The molecule has 0 radical (unpaired) electrons. The molecule has 1 aliphatic heterocycles. The summed E-state index contributed by atoms with van der Waals surface area (Å²) in [6, 6.07) is 11.5. The van der Waals surface area contributed by atoms with Crippen LogP contribution in [0.3, 0.4) is 0 Å². The molecular formula is C21H22FN3O4S. The Hall–Kier alpha value is -3.04. The molecule has 0 aliphatic carbocycles. The van der Waals surface area contributed by atoms with E-state index in [0.717, 1.165) is 5.56 Å². The Morgan fingerprint density at radius 1 is 1.03 bits per heavy atom. The molecule has 0 bridgehead atoms. The third-order valence-corrected chi connectivity index (χ3v) is 5.85. The second-order valence-electron chi connectivity index (χ2n) is 7.04. The zero-order valence-corrected chi connectivity index (χ0v) is 16.9. The minimum Gasteiger partial charge on any atom is -0.339 e. The summed E-state index contributed by atoms with van der Waals surface area (Å²) >= 11 is 0. The van der Waals surface area contributed by atoms with Crippen LogP contribution in [0.25, 0.3) is 6.08 Å². The van der Waals surface area contributed by atoms with Crippen molar-refractivity contribution in [2.75, 3.05) is 18.4 Å². The van der Waals surface area contributed by atoms with Crippen LogP contribution < -0.4 is 10.5 Å². The Morgan fingerprint density at radius 3 is 2.20 bits per heavy atom. The molecule has 2 amide bonds. The molecule has 9 heteroatoms. The molecule has 1 fully saturated rings. The Labute approximate surface area is 174 Å². The van der Waals surface area contributed by atoms with Gasteiger partial charge in [0, 0.05) is 30.8 Å². The molecule has 0 unspecified atom stereocenters. The minimum atomic E-state index is -3.78. The summed E-state index contributed by atoms with van der Waals surface area (Å²) in [6.45, 7) is 0.907. The van der Waals surface area contributed by atoms with E-state index in [1.54, 1.807) is 23.1 Å². The van der Waals surface area contributed by atoms with Crippen molar-refractivity contribution in [2.24, 2.45) is 11.1 Å². The topological polar surface area (TPSA) is 110 Å². The summed E-state index contributed by atoms with van der Waals surface area (Å²) in [5.41, 5.74) is 1.21. The fraction of sp³-hybridized carbons (Fsp3) is 0.238. The number of sulfonamides is 1. The molecule has 30 heavy (non-hydrogen) atoms. The highest BCUT2D eigenvalue weighted by Crippen LogP contribution is 2.21. The van der Waals surface area contributed by atoms with Gasteiger partial charge in [0.05, 0.1) is 4.90 Å². The van der Waals surface area contributed by atoms with Gasteiger partial charge in [-0.05, 0) is 60.9 Å². The molecule has 3 N–H and O–H groups in total. The Kier molecular flexibility index (Phi) is 6.63. The summed E-state index contributed by atoms with van der Waals surface area (Å²) in [5, 5.41) is 7.82. The predicted molar refractivity (Wildman–Crippen MR) is 111 cm³/mol. The number of rotatable bonds is 5. The molecule has 1 saturated heterocycles. The summed E-state index contributed by atoms with van der Waals surface area (Å²) in [6.07, 6.45) is 4.13. The van der Waals surface area contributed by atoms with Crippen LogP contribution in [0.2, 0.25) is 0 Å². The molecular weight excluding hydrogens is 409 g/mol. The number of nitrogens with one attached hydrogen (secondary N) is 1. The van der Waals surface area contributed by atoms with Crippen molar-refractivity contribution in [3.8, 4) is 0 Å². The Bertz CT molecular complexity index is 1040. The molecule has 3 rings (SSSR count). The van der Waals surface area contributed by atoms with E-state index in [1.807, 2.05) is 0 Å². The monoisotopic (exact) mass is 431 g/mol. The van der Waals surface area contributed by atoms with Crippen LogP contribution in [0.15, 0.2) is 59.5 Å². The number of hydrogen-bond acceptors (Lipinski definition) is 4. The molecule has 1 heterocycles. The number of nitrogens with two attached hydrogens (primary N) is 1. The second-order valence-corrected chi connectivity index (χ2v) is 8.60. The number of benzene rings is 2. The lowest BCUT2D eigenvalue weighted by molar-refractivity contribution is -0.130. The molecule has 0 atom stereocenters. The van der Waals surface area contributed by atoms with Gasteiger partial charge in [0.15, 0.2) is 0 Å². The quantitative estimate of drug-likeness (QED) is 0.708. The van der Waals surface area contributed by atoms with Gasteiger partial charge in [-0.2, -0.15) is 0 Å². The summed E-state index contributed by atoms with van der Waals surface area (Å²) < 4.78 is 35.5. The molecule has 1 aliphatic rings. The van der Waals surface area contributed by atoms with E-state index in [1.165, 1.54) is 42.5 Å². The normalized spacial score (nSPS) is 15.3. The number of anilines is 1. The molecule has 158 valence electrons. The van der Waals surface area contributed by atoms with E-state index in [9.17, 15) is 22.4 Å². The van der Waals surface area contributed by atoms with Crippen molar-refractivity contribution in [2.45, 2.75) is 17.7 Å². The van der Waals surface area contributed by atoms with Crippen molar-refractivity contribution in [1.82, 2.24) is 4.90 Å². The number of hydrogen-bond donors (Lipinski definition) is 2. The number of likely N-dealkylation sites (tertiary alicyclic amines) is 1. The maximum Gasteiger partial charge on any atom is 0.246 e. The van der Waals surface area contributed by atoms with Gasteiger partial charge in [0.25, 0.3) is 0 Å². The van der Waals surface area contributed by atoms with Crippen LogP contribution in [0.1, 0.15) is 18.4 Å². The van der Waals surface area contributed by atoms with Gasteiger partial charge in [0.2, 0.25) is 21.8 Å². The maximum atomic E-state index is 12.9. The first-order valence-electron chi connectivity index (χ1n) is 9.39.